The van der Waals surface area contributed by atoms with Crippen LogP contribution in [0.25, 0.3) is 11.1 Å². The van der Waals surface area contributed by atoms with Crippen LogP contribution in [0.3, 0.4) is 0 Å². The minimum Gasteiger partial charge on any atom is -0.342 e. The molecule has 0 saturated carbocycles. The standard InChI is InChI=1S/C26H32F2N4/c1-17-9-18-6-7-22(10-20(18)15-30(2)14-17)32-8-4-5-19-11-23(21-13-29-31(3)16-21)24(26(27)28)12-25(19)32/h6-7,10-13,16-18,20,26H,4-5,8-9,14-15H2,1-3H3. The predicted molar refractivity (Wildman–Crippen MR) is 125 cm³/mol. The Morgan fingerprint density at radius 3 is 2.72 bits per heavy atom. The number of aromatic nitrogens is 2. The van der Waals surface area contributed by atoms with Crippen molar-refractivity contribution in [2.75, 3.05) is 31.6 Å². The fourth-order valence-corrected chi connectivity index (χ4v) is 5.80. The van der Waals surface area contributed by atoms with Crippen LogP contribution in [-0.2, 0) is 13.5 Å². The fourth-order valence-electron chi connectivity index (χ4n) is 5.80. The van der Waals surface area contributed by atoms with Crippen LogP contribution in [-0.4, -0.2) is 41.4 Å². The molecule has 3 aliphatic rings. The molecule has 4 nitrogen and oxygen atoms in total. The monoisotopic (exact) mass is 438 g/mol. The molecular formula is C26H32F2N4. The molecule has 3 heterocycles. The lowest BCUT2D eigenvalue weighted by atomic mass is 9.82. The Kier molecular flexibility index (Phi) is 5.66. The van der Waals surface area contributed by atoms with Crippen LogP contribution in [0.4, 0.5) is 14.5 Å². The molecule has 1 fully saturated rings. The van der Waals surface area contributed by atoms with Gasteiger partial charge in [-0.3, -0.25) is 4.68 Å². The first-order valence-corrected chi connectivity index (χ1v) is 11.7. The lowest BCUT2D eigenvalue weighted by Crippen LogP contribution is -2.32. The molecule has 0 amide bonds. The molecule has 32 heavy (non-hydrogen) atoms. The third-order valence-electron chi connectivity index (χ3n) is 7.20. The summed E-state index contributed by atoms with van der Waals surface area (Å²) in [5.74, 6) is 1.72. The average Bonchev–Trinajstić information content (AvgIpc) is 3.13. The Bertz CT molecular complexity index is 1050. The number of hydrogen-bond acceptors (Lipinski definition) is 3. The molecule has 5 rings (SSSR count). The molecule has 0 N–H and O–H groups in total. The van der Waals surface area contributed by atoms with Gasteiger partial charge < -0.3 is 9.80 Å². The lowest BCUT2D eigenvalue weighted by molar-refractivity contribution is 0.152. The van der Waals surface area contributed by atoms with Gasteiger partial charge in [-0.25, -0.2) is 8.78 Å². The zero-order valence-corrected chi connectivity index (χ0v) is 19.1. The Hall–Kier alpha value is -2.47. The van der Waals surface area contributed by atoms with E-state index >= 15 is 0 Å². The van der Waals surface area contributed by atoms with E-state index < -0.39 is 6.43 Å². The number of hydrogen-bond donors (Lipinski definition) is 0. The summed E-state index contributed by atoms with van der Waals surface area (Å²) in [7, 11) is 4.02. The molecule has 0 bridgehead atoms. The number of aryl methyl sites for hydroxylation is 2. The number of benzene rings is 1. The van der Waals surface area contributed by atoms with Gasteiger partial charge in [0.1, 0.15) is 0 Å². The van der Waals surface area contributed by atoms with Gasteiger partial charge >= 0.3 is 0 Å². The Balaban J connectivity index is 1.52. The van der Waals surface area contributed by atoms with Crippen molar-refractivity contribution in [1.82, 2.24) is 14.7 Å². The number of halogens is 2. The summed E-state index contributed by atoms with van der Waals surface area (Å²) in [6.45, 7) is 5.37. The maximum Gasteiger partial charge on any atom is 0.264 e. The van der Waals surface area contributed by atoms with Gasteiger partial charge in [0.25, 0.3) is 6.43 Å². The zero-order valence-electron chi connectivity index (χ0n) is 19.1. The van der Waals surface area contributed by atoms with Crippen molar-refractivity contribution in [2.24, 2.45) is 24.8 Å². The van der Waals surface area contributed by atoms with Gasteiger partial charge in [0.05, 0.1) is 6.20 Å². The second-order valence-corrected chi connectivity index (χ2v) is 9.87. The van der Waals surface area contributed by atoms with Crippen LogP contribution >= 0.6 is 0 Å². The van der Waals surface area contributed by atoms with Gasteiger partial charge in [-0.1, -0.05) is 19.1 Å². The minimum atomic E-state index is -2.53. The summed E-state index contributed by atoms with van der Waals surface area (Å²) in [4.78, 5) is 4.70. The SMILES string of the molecule is CC1CC2C=CC(N3CCCc4cc(-c5cnn(C)c5)c(C(F)F)cc43)=CC2CN(C)C1. The highest BCUT2D eigenvalue weighted by atomic mass is 19.3. The van der Waals surface area contributed by atoms with Crippen molar-refractivity contribution in [2.45, 2.75) is 32.6 Å². The molecule has 1 saturated heterocycles. The molecule has 2 aliphatic heterocycles. The summed E-state index contributed by atoms with van der Waals surface area (Å²) in [5, 5.41) is 4.19. The van der Waals surface area contributed by atoms with Gasteiger partial charge in [-0.15, -0.1) is 0 Å². The molecule has 2 aromatic rings. The lowest BCUT2D eigenvalue weighted by Gasteiger charge is -2.36. The van der Waals surface area contributed by atoms with Gasteiger partial charge in [-0.05, 0) is 73.4 Å². The minimum absolute atomic E-state index is 0.0879. The molecule has 1 aromatic heterocycles. The van der Waals surface area contributed by atoms with Crippen LogP contribution in [0, 0.1) is 17.8 Å². The van der Waals surface area contributed by atoms with E-state index in [-0.39, 0.29) is 5.56 Å². The third kappa shape index (κ3) is 4.01. The number of alkyl halides is 2. The summed E-state index contributed by atoms with van der Waals surface area (Å²) in [6, 6.07) is 3.70. The summed E-state index contributed by atoms with van der Waals surface area (Å²) in [6.07, 6.45) is 11.1. The highest BCUT2D eigenvalue weighted by Crippen LogP contribution is 2.41. The first-order chi connectivity index (χ1) is 15.4. The number of likely N-dealkylation sites (tertiary alicyclic amines) is 1. The fraction of sp³-hybridized carbons (Fsp3) is 0.500. The first-order valence-electron chi connectivity index (χ1n) is 11.7. The van der Waals surface area contributed by atoms with Crippen LogP contribution in [0.15, 0.2) is 48.5 Å². The highest BCUT2D eigenvalue weighted by Gasteiger charge is 2.31. The molecular weight excluding hydrogens is 406 g/mol. The van der Waals surface area contributed by atoms with Gasteiger partial charge in [0.15, 0.2) is 0 Å². The van der Waals surface area contributed by atoms with E-state index in [1.165, 1.54) is 6.42 Å². The van der Waals surface area contributed by atoms with Crippen molar-refractivity contribution < 1.29 is 8.78 Å². The topological polar surface area (TPSA) is 24.3 Å². The van der Waals surface area contributed by atoms with Crippen LogP contribution in [0.5, 0.6) is 0 Å². The summed E-state index contributed by atoms with van der Waals surface area (Å²) >= 11 is 0. The molecule has 1 aliphatic carbocycles. The number of rotatable bonds is 3. The van der Waals surface area contributed by atoms with Crippen molar-refractivity contribution in [1.29, 1.82) is 0 Å². The van der Waals surface area contributed by atoms with E-state index in [1.54, 1.807) is 16.9 Å². The zero-order chi connectivity index (χ0) is 22.4. The van der Waals surface area contributed by atoms with Crippen molar-refractivity contribution in [3.63, 3.8) is 0 Å². The highest BCUT2D eigenvalue weighted by molar-refractivity contribution is 5.74. The molecule has 0 spiro atoms. The molecule has 3 atom stereocenters. The molecule has 0 radical (unpaired) electrons. The molecule has 1 aromatic carbocycles. The Morgan fingerprint density at radius 2 is 1.97 bits per heavy atom. The quantitative estimate of drug-likeness (QED) is 0.638. The summed E-state index contributed by atoms with van der Waals surface area (Å²) < 4.78 is 29.9. The average molecular weight is 439 g/mol. The largest absolute Gasteiger partial charge is 0.342 e. The number of nitrogens with zero attached hydrogens (tertiary/aromatic N) is 4. The third-order valence-corrected chi connectivity index (χ3v) is 7.20. The van der Waals surface area contributed by atoms with Gasteiger partial charge in [-0.2, -0.15) is 5.10 Å². The van der Waals surface area contributed by atoms with E-state index in [0.717, 1.165) is 55.0 Å². The van der Waals surface area contributed by atoms with Gasteiger partial charge in [0, 0.05) is 55.4 Å². The summed E-state index contributed by atoms with van der Waals surface area (Å²) in [5.41, 5.74) is 4.67. The van der Waals surface area contributed by atoms with E-state index in [9.17, 15) is 8.78 Å². The molecule has 6 heteroatoms. The smallest absolute Gasteiger partial charge is 0.264 e. The van der Waals surface area contributed by atoms with Crippen LogP contribution in [0.2, 0.25) is 0 Å². The number of fused-ring (bicyclic) bond motifs is 2. The first kappa shape index (κ1) is 21.4. The molecule has 170 valence electrons. The van der Waals surface area contributed by atoms with Crippen LogP contribution in [0.1, 0.15) is 37.3 Å². The van der Waals surface area contributed by atoms with E-state index in [1.807, 2.05) is 19.3 Å². The Labute approximate surface area is 189 Å². The maximum absolute atomic E-state index is 14.1. The number of allylic oxidation sites excluding steroid dienone is 2. The van der Waals surface area contributed by atoms with E-state index in [2.05, 4.69) is 47.1 Å². The van der Waals surface area contributed by atoms with Crippen molar-refractivity contribution >= 4 is 5.69 Å². The van der Waals surface area contributed by atoms with Crippen LogP contribution < -0.4 is 4.90 Å². The number of anilines is 1. The second-order valence-electron chi connectivity index (χ2n) is 9.87. The van der Waals surface area contributed by atoms with Crippen molar-refractivity contribution in [3.05, 3.63) is 59.6 Å². The normalized spacial score (nSPS) is 26.0. The predicted octanol–water partition coefficient (Wildman–Crippen LogP) is 5.44. The van der Waals surface area contributed by atoms with E-state index in [4.69, 9.17) is 0 Å². The molecule has 3 unspecified atom stereocenters. The van der Waals surface area contributed by atoms with E-state index in [0.29, 0.717) is 23.3 Å². The Morgan fingerprint density at radius 1 is 1.12 bits per heavy atom. The maximum atomic E-state index is 14.1. The van der Waals surface area contributed by atoms with Gasteiger partial charge in [0.2, 0.25) is 0 Å². The second kappa shape index (κ2) is 8.47. The van der Waals surface area contributed by atoms with Crippen molar-refractivity contribution in [3.8, 4) is 11.1 Å².